The minimum Gasteiger partial charge on any atom is -0.365 e. The van der Waals surface area contributed by atoms with Gasteiger partial charge in [0.25, 0.3) is 5.91 Å². The Balaban J connectivity index is 1.36. The summed E-state index contributed by atoms with van der Waals surface area (Å²) >= 11 is 7.62. The highest BCUT2D eigenvalue weighted by Gasteiger charge is 2.19. The molecule has 1 aliphatic heterocycles. The van der Waals surface area contributed by atoms with Crippen molar-refractivity contribution in [2.75, 3.05) is 0 Å². The monoisotopic (exact) mass is 562 g/mol. The molecule has 0 saturated heterocycles. The van der Waals surface area contributed by atoms with Gasteiger partial charge in [-0.2, -0.15) is 0 Å². The molecule has 0 unspecified atom stereocenters. The minimum atomic E-state index is -3.76. The van der Waals surface area contributed by atoms with Gasteiger partial charge in [0.2, 0.25) is 10.0 Å². The molecule has 1 heterocycles. The Bertz CT molecular complexity index is 1640. The van der Waals surface area contributed by atoms with E-state index in [1.165, 1.54) is 12.1 Å². The van der Waals surface area contributed by atoms with E-state index in [9.17, 15) is 13.2 Å². The number of rotatable bonds is 6. The van der Waals surface area contributed by atoms with Gasteiger partial charge < -0.3 is 10.6 Å². The second-order valence-electron chi connectivity index (χ2n) is 8.59. The second-order valence-corrected chi connectivity index (χ2v) is 11.7. The largest absolute Gasteiger partial charge is 0.365 e. The van der Waals surface area contributed by atoms with Crippen molar-refractivity contribution in [2.45, 2.75) is 27.8 Å². The first-order valence-corrected chi connectivity index (χ1v) is 14.4. The van der Waals surface area contributed by atoms with E-state index >= 15 is 0 Å². The van der Waals surface area contributed by atoms with E-state index < -0.39 is 10.0 Å². The van der Waals surface area contributed by atoms with Crippen LogP contribution in [0.15, 0.2) is 111 Å². The highest BCUT2D eigenvalue weighted by atomic mass is 35.5. The fraction of sp³-hybridized carbons (Fsp3) is 0.0714. The third kappa shape index (κ3) is 6.08. The minimum absolute atomic E-state index is 0.0233. The number of fused-ring (bicyclic) bond motifs is 2. The van der Waals surface area contributed by atoms with Crippen molar-refractivity contribution in [3.63, 3.8) is 0 Å². The van der Waals surface area contributed by atoms with Gasteiger partial charge in [-0.3, -0.25) is 4.79 Å². The maximum absolute atomic E-state index is 12.9. The molecule has 0 radical (unpaired) electrons. The van der Waals surface area contributed by atoms with Gasteiger partial charge in [0.1, 0.15) is 5.84 Å². The number of benzene rings is 4. The van der Waals surface area contributed by atoms with Gasteiger partial charge >= 0.3 is 0 Å². The number of sulfonamides is 1. The van der Waals surface area contributed by atoms with Gasteiger partial charge in [0.15, 0.2) is 0 Å². The van der Waals surface area contributed by atoms with Crippen LogP contribution in [-0.2, 0) is 23.1 Å². The number of nitrogens with two attached hydrogens (primary N) is 1. The Kier molecular flexibility index (Phi) is 7.53. The summed E-state index contributed by atoms with van der Waals surface area (Å²) in [4.78, 5) is 19.9. The van der Waals surface area contributed by atoms with Gasteiger partial charge in [0, 0.05) is 39.0 Å². The molecule has 5 rings (SSSR count). The number of aliphatic imine (C=N–C) groups is 1. The Morgan fingerprint density at radius 2 is 1.55 bits per heavy atom. The van der Waals surface area contributed by atoms with E-state index in [1.54, 1.807) is 36.0 Å². The fourth-order valence-electron chi connectivity index (χ4n) is 3.89. The highest BCUT2D eigenvalue weighted by Crippen LogP contribution is 2.40. The molecule has 192 valence electrons. The molecule has 10 heteroatoms. The van der Waals surface area contributed by atoms with E-state index in [1.807, 2.05) is 48.5 Å². The number of amidine groups is 1. The van der Waals surface area contributed by atoms with Gasteiger partial charge in [-0.15, -0.1) is 0 Å². The van der Waals surface area contributed by atoms with E-state index in [-0.39, 0.29) is 17.3 Å². The average molecular weight is 563 g/mol. The normalized spacial score (nSPS) is 12.5. The summed E-state index contributed by atoms with van der Waals surface area (Å²) in [5, 5.41) is 12.1. The number of primary sulfonamides is 1. The fourth-order valence-corrected chi connectivity index (χ4v) is 5.53. The molecule has 0 aliphatic carbocycles. The van der Waals surface area contributed by atoms with Crippen LogP contribution in [0.2, 0.25) is 5.02 Å². The summed E-state index contributed by atoms with van der Waals surface area (Å²) in [7, 11) is -3.76. The Labute approximate surface area is 230 Å². The smallest absolute Gasteiger partial charge is 0.251 e. The van der Waals surface area contributed by atoms with Crippen LogP contribution in [0.3, 0.4) is 0 Å². The molecular formula is C28H23ClN4O3S2. The van der Waals surface area contributed by atoms with E-state index in [4.69, 9.17) is 21.7 Å². The number of halogens is 1. The van der Waals surface area contributed by atoms with Crippen LogP contribution in [-0.4, -0.2) is 20.2 Å². The molecule has 1 aliphatic rings. The number of hydrogen-bond acceptors (Lipinski definition) is 6. The summed E-state index contributed by atoms with van der Waals surface area (Å²) in [6.07, 6.45) is 0. The Hall–Kier alpha value is -3.63. The molecular weight excluding hydrogens is 540 g/mol. The van der Waals surface area contributed by atoms with Gasteiger partial charge in [-0.05, 0) is 59.7 Å². The molecule has 0 atom stereocenters. The van der Waals surface area contributed by atoms with Crippen molar-refractivity contribution in [1.82, 2.24) is 10.6 Å². The molecule has 0 saturated carbocycles. The predicted molar refractivity (Wildman–Crippen MR) is 150 cm³/mol. The third-order valence-corrected chi connectivity index (χ3v) is 8.22. The van der Waals surface area contributed by atoms with Crippen molar-refractivity contribution in [2.24, 2.45) is 10.1 Å². The van der Waals surface area contributed by atoms with Crippen molar-refractivity contribution >= 4 is 50.8 Å². The first kappa shape index (κ1) is 26.0. The summed E-state index contributed by atoms with van der Waals surface area (Å²) in [6, 6.07) is 27.2. The molecule has 7 nitrogen and oxygen atoms in total. The molecule has 38 heavy (non-hydrogen) atoms. The molecule has 4 aromatic carbocycles. The molecule has 0 bridgehead atoms. The molecule has 0 spiro atoms. The topological polar surface area (TPSA) is 114 Å². The summed E-state index contributed by atoms with van der Waals surface area (Å²) in [6.45, 7) is 0.799. The van der Waals surface area contributed by atoms with Gasteiger partial charge in [-0.25, -0.2) is 18.5 Å². The number of nitrogens with one attached hydrogen (secondary N) is 2. The van der Waals surface area contributed by atoms with E-state index in [2.05, 4.69) is 16.7 Å². The standard InChI is InChI=1S/C28H23ClN4O3S2/c29-21-10-5-18(6-11-21)16-31-27-23-3-1-2-4-25(23)37-26-14-9-20(15-24(26)33-27)28(34)32-17-19-7-12-22(13-8-19)38(30,35)36/h1-15H,16-17H2,(H,31,33)(H,32,34)(H2,30,35,36). The lowest BCUT2D eigenvalue weighted by molar-refractivity contribution is 0.0951. The quantitative estimate of drug-likeness (QED) is 0.297. The van der Waals surface area contributed by atoms with Gasteiger partial charge in [0.05, 0.1) is 10.6 Å². The van der Waals surface area contributed by atoms with Crippen LogP contribution in [0.4, 0.5) is 5.69 Å². The maximum atomic E-state index is 12.9. The zero-order valence-electron chi connectivity index (χ0n) is 20.0. The Morgan fingerprint density at radius 1 is 0.868 bits per heavy atom. The lowest BCUT2D eigenvalue weighted by atomic mass is 10.1. The third-order valence-electron chi connectivity index (χ3n) is 5.89. The number of hydrogen-bond donors (Lipinski definition) is 3. The number of carbonyl (C=O) groups excluding carboxylic acids is 1. The zero-order chi connectivity index (χ0) is 26.7. The van der Waals surface area contributed by atoms with Crippen LogP contribution in [0.25, 0.3) is 0 Å². The summed E-state index contributed by atoms with van der Waals surface area (Å²) in [5.41, 5.74) is 3.96. The lowest BCUT2D eigenvalue weighted by Gasteiger charge is -2.11. The van der Waals surface area contributed by atoms with E-state index in [0.717, 1.165) is 26.5 Å². The second kappa shape index (κ2) is 11.0. The first-order chi connectivity index (χ1) is 18.3. The lowest BCUT2D eigenvalue weighted by Crippen LogP contribution is -2.24. The number of amides is 1. The SMILES string of the molecule is NS(=O)(=O)c1ccc(CNC(=O)c2ccc3c(c2)N=C(NCc2ccc(Cl)cc2)c2ccccc2S3)cc1. The van der Waals surface area contributed by atoms with Gasteiger partial charge in [-0.1, -0.05) is 65.8 Å². The maximum Gasteiger partial charge on any atom is 0.251 e. The number of nitrogens with zero attached hydrogens (tertiary/aromatic N) is 1. The summed E-state index contributed by atoms with van der Waals surface area (Å²) in [5.74, 6) is 0.454. The highest BCUT2D eigenvalue weighted by molar-refractivity contribution is 7.99. The molecule has 4 aromatic rings. The molecule has 0 aromatic heterocycles. The van der Waals surface area contributed by atoms with Crippen LogP contribution in [0.1, 0.15) is 27.0 Å². The van der Waals surface area contributed by atoms with E-state index in [0.29, 0.717) is 28.7 Å². The Morgan fingerprint density at radius 3 is 2.29 bits per heavy atom. The van der Waals surface area contributed by atoms with Crippen molar-refractivity contribution < 1.29 is 13.2 Å². The summed E-state index contributed by atoms with van der Waals surface area (Å²) < 4.78 is 22.9. The van der Waals surface area contributed by atoms with Crippen molar-refractivity contribution in [3.8, 4) is 0 Å². The first-order valence-electron chi connectivity index (χ1n) is 11.6. The van der Waals surface area contributed by atoms with Crippen LogP contribution < -0.4 is 15.8 Å². The number of carbonyl (C=O) groups is 1. The van der Waals surface area contributed by atoms with Crippen LogP contribution >= 0.6 is 23.4 Å². The van der Waals surface area contributed by atoms with Crippen molar-refractivity contribution in [3.05, 3.63) is 118 Å². The van der Waals surface area contributed by atoms with Crippen molar-refractivity contribution in [1.29, 1.82) is 0 Å². The van der Waals surface area contributed by atoms with Crippen LogP contribution in [0.5, 0.6) is 0 Å². The average Bonchev–Trinajstić information content (AvgIpc) is 3.07. The zero-order valence-corrected chi connectivity index (χ0v) is 22.4. The molecule has 0 fully saturated rings. The molecule has 1 amide bonds. The predicted octanol–water partition coefficient (Wildman–Crippen LogP) is 5.25. The van der Waals surface area contributed by atoms with Crippen LogP contribution in [0, 0.1) is 0 Å². The molecule has 4 N–H and O–H groups in total.